The van der Waals surface area contributed by atoms with E-state index in [1.165, 1.54) is 54.5 Å². The van der Waals surface area contributed by atoms with Gasteiger partial charge in [0.2, 0.25) is 0 Å². The van der Waals surface area contributed by atoms with Crippen molar-refractivity contribution in [1.29, 1.82) is 0 Å². The van der Waals surface area contributed by atoms with E-state index in [4.69, 9.17) is 4.42 Å². The predicted octanol–water partition coefficient (Wildman–Crippen LogP) is 17.5. The summed E-state index contributed by atoms with van der Waals surface area (Å²) in [7, 11) is 0. The number of para-hydroxylation sites is 3. The van der Waals surface area contributed by atoms with Gasteiger partial charge in [-0.25, -0.2) is 0 Å². The van der Waals surface area contributed by atoms with Crippen LogP contribution in [0.1, 0.15) is 0 Å². The van der Waals surface area contributed by atoms with Crippen molar-refractivity contribution >= 4 is 82.4 Å². The minimum atomic E-state index is 0.909. The molecule has 13 aromatic rings. The largest absolute Gasteiger partial charge is 0.456 e. The predicted molar refractivity (Wildman–Crippen MR) is 274 cm³/mol. The molecule has 0 radical (unpaired) electrons. The second-order valence-corrected chi connectivity index (χ2v) is 16.9. The SMILES string of the molecule is c1cc(-c2ccc(N(c3ccc(-c4ccc(-c5ccc6c(c5)oc5ccccc56)cc4)cc3)c3ccc4c(ccc5ccccc54)c3)cc2)cc(-n2c3ccccc3c3ccccc32)c1. The number of benzene rings is 11. The zero-order valence-electron chi connectivity index (χ0n) is 35.4. The van der Waals surface area contributed by atoms with Gasteiger partial charge >= 0.3 is 0 Å². The fourth-order valence-electron chi connectivity index (χ4n) is 9.98. The molecule has 11 aromatic carbocycles. The third kappa shape index (κ3) is 6.28. The highest BCUT2D eigenvalue weighted by Gasteiger charge is 2.17. The molecule has 0 amide bonds. The van der Waals surface area contributed by atoms with Gasteiger partial charge in [-0.3, -0.25) is 0 Å². The molecule has 0 spiro atoms. The van der Waals surface area contributed by atoms with Gasteiger partial charge in [0.1, 0.15) is 11.2 Å². The van der Waals surface area contributed by atoms with Crippen LogP contribution in [0.3, 0.4) is 0 Å². The third-order valence-corrected chi connectivity index (χ3v) is 13.2. The number of aromatic nitrogens is 1. The quantitative estimate of drug-likeness (QED) is 0.149. The highest BCUT2D eigenvalue weighted by molar-refractivity contribution is 6.10. The number of anilines is 3. The lowest BCUT2D eigenvalue weighted by Gasteiger charge is -2.26. The van der Waals surface area contributed by atoms with E-state index in [-0.39, 0.29) is 0 Å². The first-order valence-electron chi connectivity index (χ1n) is 22.2. The van der Waals surface area contributed by atoms with Gasteiger partial charge in [0, 0.05) is 44.3 Å². The van der Waals surface area contributed by atoms with Crippen LogP contribution in [0.15, 0.2) is 247 Å². The van der Waals surface area contributed by atoms with E-state index >= 15 is 0 Å². The van der Waals surface area contributed by atoms with Gasteiger partial charge in [0.05, 0.1) is 11.0 Å². The first-order valence-corrected chi connectivity index (χ1v) is 22.2. The Morgan fingerprint density at radius 2 is 0.754 bits per heavy atom. The monoisotopic (exact) mass is 828 g/mol. The molecule has 0 saturated heterocycles. The number of nitrogens with zero attached hydrogens (tertiary/aromatic N) is 2. The molecular weight excluding hydrogens is 789 g/mol. The molecule has 0 N–H and O–H groups in total. The van der Waals surface area contributed by atoms with Gasteiger partial charge in [-0.1, -0.05) is 164 Å². The van der Waals surface area contributed by atoms with Crippen molar-refractivity contribution in [2.75, 3.05) is 4.90 Å². The molecule has 0 aliphatic rings. The molecule has 2 aromatic heterocycles. The summed E-state index contributed by atoms with van der Waals surface area (Å²) in [5.74, 6) is 0. The van der Waals surface area contributed by atoms with E-state index in [0.29, 0.717) is 0 Å². The molecule has 2 heterocycles. The van der Waals surface area contributed by atoms with Crippen molar-refractivity contribution in [3.05, 3.63) is 243 Å². The Kier molecular flexibility index (Phi) is 8.53. The van der Waals surface area contributed by atoms with Crippen LogP contribution in [0.5, 0.6) is 0 Å². The average molecular weight is 829 g/mol. The number of hydrogen-bond acceptors (Lipinski definition) is 2. The summed E-state index contributed by atoms with van der Waals surface area (Å²) in [6.45, 7) is 0. The number of rotatable bonds is 7. The van der Waals surface area contributed by atoms with Gasteiger partial charge in [-0.2, -0.15) is 0 Å². The number of fused-ring (bicyclic) bond motifs is 9. The van der Waals surface area contributed by atoms with Gasteiger partial charge in [-0.15, -0.1) is 0 Å². The maximum absolute atomic E-state index is 6.20. The van der Waals surface area contributed by atoms with Crippen LogP contribution < -0.4 is 4.90 Å². The van der Waals surface area contributed by atoms with E-state index in [2.05, 4.69) is 240 Å². The molecule has 0 fully saturated rings. The Bertz CT molecular complexity index is 3880. The van der Waals surface area contributed by atoms with Crippen molar-refractivity contribution in [1.82, 2.24) is 4.57 Å². The Balaban J connectivity index is 0.849. The van der Waals surface area contributed by atoms with Crippen molar-refractivity contribution < 1.29 is 4.42 Å². The van der Waals surface area contributed by atoms with Crippen LogP contribution in [0.2, 0.25) is 0 Å². The molecule has 65 heavy (non-hydrogen) atoms. The van der Waals surface area contributed by atoms with E-state index in [1.54, 1.807) is 0 Å². The van der Waals surface area contributed by atoms with Crippen molar-refractivity contribution in [3.63, 3.8) is 0 Å². The molecule has 3 nitrogen and oxygen atoms in total. The highest BCUT2D eigenvalue weighted by Crippen LogP contribution is 2.40. The van der Waals surface area contributed by atoms with Crippen LogP contribution in [0.4, 0.5) is 17.1 Å². The summed E-state index contributed by atoms with van der Waals surface area (Å²) in [4.78, 5) is 2.37. The maximum Gasteiger partial charge on any atom is 0.136 e. The lowest BCUT2D eigenvalue weighted by molar-refractivity contribution is 0.669. The summed E-state index contributed by atoms with van der Waals surface area (Å²) >= 11 is 0. The van der Waals surface area contributed by atoms with Crippen molar-refractivity contribution in [3.8, 4) is 39.1 Å². The molecule has 0 saturated carbocycles. The topological polar surface area (TPSA) is 21.3 Å². The Morgan fingerprint density at radius 3 is 1.45 bits per heavy atom. The molecule has 13 rings (SSSR count). The van der Waals surface area contributed by atoms with Gasteiger partial charge in [0.15, 0.2) is 0 Å². The summed E-state index contributed by atoms with van der Waals surface area (Å²) in [6.07, 6.45) is 0. The van der Waals surface area contributed by atoms with E-state index in [1.807, 2.05) is 12.1 Å². The molecule has 0 atom stereocenters. The van der Waals surface area contributed by atoms with E-state index in [9.17, 15) is 0 Å². The molecule has 0 bridgehead atoms. The minimum Gasteiger partial charge on any atom is -0.456 e. The lowest BCUT2D eigenvalue weighted by atomic mass is 9.99. The normalized spacial score (nSPS) is 11.7. The van der Waals surface area contributed by atoms with E-state index in [0.717, 1.165) is 66.9 Å². The van der Waals surface area contributed by atoms with Gasteiger partial charge in [-0.05, 0) is 134 Å². The first-order chi connectivity index (χ1) is 32.2. The van der Waals surface area contributed by atoms with Crippen LogP contribution in [0.25, 0.3) is 104 Å². The minimum absolute atomic E-state index is 0.909. The highest BCUT2D eigenvalue weighted by atomic mass is 16.3. The maximum atomic E-state index is 6.20. The summed E-state index contributed by atoms with van der Waals surface area (Å²) < 4.78 is 8.58. The molecule has 0 unspecified atom stereocenters. The van der Waals surface area contributed by atoms with Crippen LogP contribution >= 0.6 is 0 Å². The zero-order chi connectivity index (χ0) is 42.8. The summed E-state index contributed by atoms with van der Waals surface area (Å²) in [5.41, 5.74) is 15.6. The van der Waals surface area contributed by atoms with Crippen LogP contribution in [0, 0.1) is 0 Å². The van der Waals surface area contributed by atoms with Crippen LogP contribution in [-0.2, 0) is 0 Å². The molecule has 3 heteroatoms. The van der Waals surface area contributed by atoms with Crippen LogP contribution in [-0.4, -0.2) is 4.57 Å². The zero-order valence-corrected chi connectivity index (χ0v) is 35.4. The number of furan rings is 1. The molecule has 0 aliphatic carbocycles. The molecular formula is C62H40N2O. The average Bonchev–Trinajstić information content (AvgIpc) is 3.92. The Hall–Kier alpha value is -8.66. The standard InChI is InChI=1S/C62H40N2O/c1-2-13-53-45(10-1)24-25-48-39-52(35-37-54(48)53)63(49-31-26-42(27-32-49)41-20-22-43(23-21-41)47-30-36-58-57-16-5-8-19-61(57)65-62(58)40-47)50-33-28-44(29-34-50)46-11-9-12-51(38-46)64-59-17-6-3-14-55(59)56-15-4-7-18-60(56)64/h1-40H. The lowest BCUT2D eigenvalue weighted by Crippen LogP contribution is -2.09. The van der Waals surface area contributed by atoms with Crippen molar-refractivity contribution in [2.24, 2.45) is 0 Å². The fourth-order valence-corrected chi connectivity index (χ4v) is 9.98. The molecule has 304 valence electrons. The first kappa shape index (κ1) is 36.9. The smallest absolute Gasteiger partial charge is 0.136 e. The fraction of sp³-hybridized carbons (Fsp3) is 0. The van der Waals surface area contributed by atoms with Gasteiger partial charge < -0.3 is 13.9 Å². The van der Waals surface area contributed by atoms with Gasteiger partial charge in [0.25, 0.3) is 0 Å². The second kappa shape index (κ2) is 15.0. The molecule has 0 aliphatic heterocycles. The van der Waals surface area contributed by atoms with Crippen molar-refractivity contribution in [2.45, 2.75) is 0 Å². The van der Waals surface area contributed by atoms with E-state index < -0.39 is 0 Å². The number of hydrogen-bond donors (Lipinski definition) is 0. The summed E-state index contributed by atoms with van der Waals surface area (Å²) in [6, 6.07) is 87.8. The second-order valence-electron chi connectivity index (χ2n) is 16.9. The third-order valence-electron chi connectivity index (χ3n) is 13.2. The summed E-state index contributed by atoms with van der Waals surface area (Å²) in [5, 5.41) is 9.79. The Labute approximate surface area is 376 Å². The Morgan fingerprint density at radius 1 is 0.277 bits per heavy atom.